The fourth-order valence-electron chi connectivity index (χ4n) is 3.07. The SMILES string of the molecule is CCC#CC[C@H](C)C(=O)C=C[C@H]1CCC(=O)N1CCCCCCC(=O)OC. The van der Waals surface area contributed by atoms with E-state index in [0.29, 0.717) is 25.8 Å². The van der Waals surface area contributed by atoms with Gasteiger partial charge < -0.3 is 9.64 Å². The standard InChI is InChI=1S/C22H33NO4/c1-4-5-8-11-18(2)20(24)15-13-19-14-16-21(25)23(19)17-10-7-6-9-12-22(26)27-3/h13,15,18-19H,4,6-7,9-12,14,16-17H2,1-3H3/t18-,19-/m0/s1. The molecule has 0 aromatic heterocycles. The molecule has 5 heteroatoms. The number of amides is 1. The highest BCUT2D eigenvalue weighted by Gasteiger charge is 2.28. The maximum Gasteiger partial charge on any atom is 0.305 e. The van der Waals surface area contributed by atoms with Gasteiger partial charge in [0, 0.05) is 38.1 Å². The molecule has 2 atom stereocenters. The number of hydrogen-bond acceptors (Lipinski definition) is 4. The number of likely N-dealkylation sites (tertiary alicyclic amines) is 1. The Morgan fingerprint density at radius 2 is 2.00 bits per heavy atom. The van der Waals surface area contributed by atoms with E-state index in [0.717, 1.165) is 38.5 Å². The molecule has 1 aliphatic heterocycles. The van der Waals surface area contributed by atoms with E-state index in [9.17, 15) is 14.4 Å². The number of methoxy groups -OCH3 is 1. The van der Waals surface area contributed by atoms with Gasteiger partial charge in [0.25, 0.3) is 0 Å². The molecule has 27 heavy (non-hydrogen) atoms. The average Bonchev–Trinajstić information content (AvgIpc) is 3.02. The van der Waals surface area contributed by atoms with E-state index < -0.39 is 0 Å². The van der Waals surface area contributed by atoms with E-state index in [1.807, 2.05) is 24.8 Å². The van der Waals surface area contributed by atoms with Gasteiger partial charge in [0.2, 0.25) is 5.91 Å². The highest BCUT2D eigenvalue weighted by atomic mass is 16.5. The number of ether oxygens (including phenoxy) is 1. The highest BCUT2D eigenvalue weighted by Crippen LogP contribution is 2.21. The first-order valence-electron chi connectivity index (χ1n) is 10.0. The minimum absolute atomic E-state index is 0.0189. The van der Waals surface area contributed by atoms with Gasteiger partial charge in [-0.25, -0.2) is 0 Å². The molecular formula is C22H33NO4. The Kier molecular flexibility index (Phi) is 11.2. The third-order valence-electron chi connectivity index (χ3n) is 4.81. The van der Waals surface area contributed by atoms with Crippen molar-refractivity contribution >= 4 is 17.7 Å². The molecule has 0 bridgehead atoms. The Morgan fingerprint density at radius 1 is 1.26 bits per heavy atom. The van der Waals surface area contributed by atoms with Gasteiger partial charge in [-0.2, -0.15) is 0 Å². The Balaban J connectivity index is 2.38. The topological polar surface area (TPSA) is 63.7 Å². The summed E-state index contributed by atoms with van der Waals surface area (Å²) in [5.74, 6) is 5.95. The van der Waals surface area contributed by atoms with Crippen molar-refractivity contribution in [3.8, 4) is 11.8 Å². The van der Waals surface area contributed by atoms with E-state index in [1.54, 1.807) is 6.08 Å². The Bertz CT molecular complexity index is 585. The van der Waals surface area contributed by atoms with Crippen LogP contribution >= 0.6 is 0 Å². The second-order valence-electron chi connectivity index (χ2n) is 7.01. The number of carbonyl (C=O) groups excluding carboxylic acids is 3. The summed E-state index contributed by atoms with van der Waals surface area (Å²) in [6.07, 6.45) is 10.3. The quantitative estimate of drug-likeness (QED) is 0.239. The van der Waals surface area contributed by atoms with Crippen LogP contribution in [0.3, 0.4) is 0 Å². The summed E-state index contributed by atoms with van der Waals surface area (Å²) in [6.45, 7) is 4.59. The summed E-state index contributed by atoms with van der Waals surface area (Å²) < 4.78 is 4.62. The van der Waals surface area contributed by atoms with E-state index >= 15 is 0 Å². The van der Waals surface area contributed by atoms with Crippen LogP contribution in [0.15, 0.2) is 12.2 Å². The van der Waals surface area contributed by atoms with Crippen molar-refractivity contribution in [3.05, 3.63) is 12.2 Å². The lowest BCUT2D eigenvalue weighted by Gasteiger charge is -2.22. The molecule has 1 saturated heterocycles. The Hall–Kier alpha value is -2.09. The lowest BCUT2D eigenvalue weighted by atomic mass is 10.0. The summed E-state index contributed by atoms with van der Waals surface area (Å²) in [4.78, 5) is 37.3. The molecule has 0 aliphatic carbocycles. The lowest BCUT2D eigenvalue weighted by molar-refractivity contribution is -0.140. The molecule has 1 fully saturated rings. The second-order valence-corrected chi connectivity index (χ2v) is 7.01. The third-order valence-corrected chi connectivity index (χ3v) is 4.81. The van der Waals surface area contributed by atoms with Gasteiger partial charge in [-0.15, -0.1) is 11.8 Å². The maximum atomic E-state index is 12.2. The molecule has 5 nitrogen and oxygen atoms in total. The normalized spacial score (nSPS) is 17.7. The molecule has 0 radical (unpaired) electrons. The van der Waals surface area contributed by atoms with Crippen LogP contribution in [0.25, 0.3) is 0 Å². The van der Waals surface area contributed by atoms with Crippen molar-refractivity contribution in [2.24, 2.45) is 5.92 Å². The molecule has 1 amide bonds. The van der Waals surface area contributed by atoms with Crippen molar-refractivity contribution in [2.45, 2.75) is 77.7 Å². The zero-order valence-electron chi connectivity index (χ0n) is 17.0. The van der Waals surface area contributed by atoms with E-state index in [1.165, 1.54) is 7.11 Å². The number of esters is 1. The number of hydrogen-bond donors (Lipinski definition) is 0. The van der Waals surface area contributed by atoms with Gasteiger partial charge in [0.1, 0.15) is 0 Å². The van der Waals surface area contributed by atoms with E-state index in [2.05, 4.69) is 16.6 Å². The van der Waals surface area contributed by atoms with E-state index in [-0.39, 0.29) is 29.6 Å². The fourth-order valence-corrected chi connectivity index (χ4v) is 3.07. The minimum Gasteiger partial charge on any atom is -0.469 e. The van der Waals surface area contributed by atoms with Crippen molar-refractivity contribution in [1.82, 2.24) is 4.90 Å². The van der Waals surface area contributed by atoms with Gasteiger partial charge in [-0.1, -0.05) is 32.8 Å². The fraction of sp³-hybridized carbons (Fsp3) is 0.682. The average molecular weight is 376 g/mol. The van der Waals surface area contributed by atoms with Crippen molar-refractivity contribution < 1.29 is 19.1 Å². The summed E-state index contributed by atoms with van der Waals surface area (Å²) in [6, 6.07) is 0.0189. The van der Waals surface area contributed by atoms with Crippen LogP contribution in [0.5, 0.6) is 0 Å². The largest absolute Gasteiger partial charge is 0.469 e. The molecule has 0 aromatic carbocycles. The first-order chi connectivity index (χ1) is 13.0. The van der Waals surface area contributed by atoms with Crippen molar-refractivity contribution in [2.75, 3.05) is 13.7 Å². The number of ketones is 1. The van der Waals surface area contributed by atoms with Crippen LogP contribution in [0.4, 0.5) is 0 Å². The summed E-state index contributed by atoms with van der Waals surface area (Å²) in [5.41, 5.74) is 0. The number of carbonyl (C=O) groups is 3. The Labute approximate surface area is 163 Å². The van der Waals surface area contributed by atoms with Crippen LogP contribution in [0.2, 0.25) is 0 Å². The highest BCUT2D eigenvalue weighted by molar-refractivity contribution is 5.92. The van der Waals surface area contributed by atoms with Gasteiger partial charge in [0.15, 0.2) is 5.78 Å². The van der Waals surface area contributed by atoms with Crippen LogP contribution in [0, 0.1) is 17.8 Å². The molecule has 0 unspecified atom stereocenters. The lowest BCUT2D eigenvalue weighted by Crippen LogP contribution is -2.32. The van der Waals surface area contributed by atoms with Crippen LogP contribution in [-0.2, 0) is 19.1 Å². The molecule has 0 saturated carbocycles. The van der Waals surface area contributed by atoms with Gasteiger partial charge in [0.05, 0.1) is 13.2 Å². The predicted octanol–water partition coefficient (Wildman–Crippen LogP) is 3.67. The van der Waals surface area contributed by atoms with Crippen LogP contribution in [-0.4, -0.2) is 42.3 Å². The Morgan fingerprint density at radius 3 is 2.70 bits per heavy atom. The third kappa shape index (κ3) is 8.90. The minimum atomic E-state index is -0.172. The smallest absolute Gasteiger partial charge is 0.305 e. The monoisotopic (exact) mass is 375 g/mol. The van der Waals surface area contributed by atoms with Gasteiger partial charge in [-0.3, -0.25) is 14.4 Å². The number of nitrogens with zero attached hydrogens (tertiary/aromatic N) is 1. The number of allylic oxidation sites excluding steroid dienone is 1. The van der Waals surface area contributed by atoms with Crippen LogP contribution in [0.1, 0.15) is 71.6 Å². The molecule has 1 rings (SSSR count). The van der Waals surface area contributed by atoms with Gasteiger partial charge in [-0.05, 0) is 25.3 Å². The molecule has 1 heterocycles. The maximum absolute atomic E-state index is 12.2. The molecule has 0 N–H and O–H groups in total. The van der Waals surface area contributed by atoms with Crippen molar-refractivity contribution in [1.29, 1.82) is 0 Å². The molecule has 1 aliphatic rings. The predicted molar refractivity (Wildman–Crippen MR) is 106 cm³/mol. The summed E-state index contributed by atoms with van der Waals surface area (Å²) in [5, 5.41) is 0. The second kappa shape index (κ2) is 13.1. The first-order valence-corrected chi connectivity index (χ1v) is 10.0. The van der Waals surface area contributed by atoms with Crippen LogP contribution < -0.4 is 0 Å². The summed E-state index contributed by atoms with van der Waals surface area (Å²) in [7, 11) is 1.40. The zero-order valence-corrected chi connectivity index (χ0v) is 17.0. The molecular weight excluding hydrogens is 342 g/mol. The summed E-state index contributed by atoms with van der Waals surface area (Å²) >= 11 is 0. The molecule has 0 aromatic rings. The number of unbranched alkanes of at least 4 members (excludes halogenated alkanes) is 3. The molecule has 150 valence electrons. The number of rotatable bonds is 11. The van der Waals surface area contributed by atoms with E-state index in [4.69, 9.17) is 0 Å². The zero-order chi connectivity index (χ0) is 20.1. The van der Waals surface area contributed by atoms with Crippen molar-refractivity contribution in [3.63, 3.8) is 0 Å². The van der Waals surface area contributed by atoms with Gasteiger partial charge >= 0.3 is 5.97 Å². The molecule has 0 spiro atoms. The first kappa shape index (κ1) is 23.0.